The van der Waals surface area contributed by atoms with E-state index in [0.29, 0.717) is 6.61 Å². The maximum absolute atomic E-state index is 11.7. The minimum absolute atomic E-state index is 0.0259. The van der Waals surface area contributed by atoms with Crippen LogP contribution in [-0.4, -0.2) is 33.9 Å². The summed E-state index contributed by atoms with van der Waals surface area (Å²) in [6.07, 6.45) is 0. The highest BCUT2D eigenvalue weighted by molar-refractivity contribution is 7.93. The summed E-state index contributed by atoms with van der Waals surface area (Å²) < 4.78 is 28.8. The van der Waals surface area contributed by atoms with Crippen LogP contribution in [0.5, 0.6) is 5.75 Å². The highest BCUT2D eigenvalue weighted by Gasteiger charge is 2.45. The molecule has 1 aliphatic heterocycles. The van der Waals surface area contributed by atoms with Crippen LogP contribution >= 0.6 is 0 Å². The molecule has 5 heteroatoms. The first-order valence-corrected chi connectivity index (χ1v) is 7.41. The van der Waals surface area contributed by atoms with Crippen LogP contribution in [0.25, 0.3) is 0 Å². The lowest BCUT2D eigenvalue weighted by atomic mass is 10.1. The van der Waals surface area contributed by atoms with Gasteiger partial charge < -0.3 is 10.1 Å². The van der Waals surface area contributed by atoms with Crippen molar-refractivity contribution >= 4 is 9.84 Å². The highest BCUT2D eigenvalue weighted by Crippen LogP contribution is 2.37. The third-order valence-corrected chi connectivity index (χ3v) is 5.25. The van der Waals surface area contributed by atoms with E-state index >= 15 is 0 Å². The van der Waals surface area contributed by atoms with Crippen LogP contribution in [0.4, 0.5) is 0 Å². The zero-order valence-electron chi connectivity index (χ0n) is 10.0. The number of hydrogen-bond acceptors (Lipinski definition) is 4. The van der Waals surface area contributed by atoms with Gasteiger partial charge in [-0.25, -0.2) is 8.42 Å². The topological polar surface area (TPSA) is 55.4 Å². The zero-order chi connectivity index (χ0) is 12.5. The molecule has 0 aromatic heterocycles. The predicted molar refractivity (Wildman–Crippen MR) is 67.0 cm³/mol. The molecule has 0 radical (unpaired) electrons. The number of rotatable bonds is 4. The Kier molecular flexibility index (Phi) is 3.40. The van der Waals surface area contributed by atoms with Gasteiger partial charge in [0.05, 0.1) is 12.4 Å². The predicted octanol–water partition coefficient (Wildman–Crippen LogP) is 1.14. The Balaban J connectivity index is 2.22. The fraction of sp³-hybridized carbons (Fsp3) is 0.500. The first kappa shape index (κ1) is 12.4. The second kappa shape index (κ2) is 4.66. The molecule has 1 saturated heterocycles. The Morgan fingerprint density at radius 3 is 2.47 bits per heavy atom. The number of nitrogens with one attached hydrogen (secondary N) is 1. The SMILES string of the molecule is CCOc1ccc(C2C(NC)CS2(=O)=O)cc1. The minimum atomic E-state index is -2.97. The van der Waals surface area contributed by atoms with Crippen LogP contribution in [0.1, 0.15) is 17.7 Å². The molecule has 0 bridgehead atoms. The minimum Gasteiger partial charge on any atom is -0.494 e. The average Bonchev–Trinajstić information content (AvgIpc) is 2.29. The molecule has 2 rings (SSSR count). The van der Waals surface area contributed by atoms with Gasteiger partial charge in [-0.05, 0) is 31.7 Å². The first-order chi connectivity index (χ1) is 8.08. The Bertz CT molecular complexity index is 481. The van der Waals surface area contributed by atoms with E-state index in [2.05, 4.69) is 5.32 Å². The number of sulfone groups is 1. The Morgan fingerprint density at radius 1 is 1.35 bits per heavy atom. The Hall–Kier alpha value is -1.07. The van der Waals surface area contributed by atoms with Crippen LogP contribution in [0.2, 0.25) is 0 Å². The van der Waals surface area contributed by atoms with Gasteiger partial charge in [-0.2, -0.15) is 0 Å². The lowest BCUT2D eigenvalue weighted by Crippen LogP contribution is -2.52. The Morgan fingerprint density at radius 2 is 2.00 bits per heavy atom. The van der Waals surface area contributed by atoms with Crippen molar-refractivity contribution in [1.82, 2.24) is 5.32 Å². The third-order valence-electron chi connectivity index (χ3n) is 3.05. The largest absolute Gasteiger partial charge is 0.494 e. The lowest BCUT2D eigenvalue weighted by molar-refractivity contribution is 0.340. The highest BCUT2D eigenvalue weighted by atomic mass is 32.2. The molecule has 0 spiro atoms. The van der Waals surface area contributed by atoms with Gasteiger partial charge in [0.15, 0.2) is 9.84 Å². The van der Waals surface area contributed by atoms with E-state index in [1.54, 1.807) is 7.05 Å². The summed E-state index contributed by atoms with van der Waals surface area (Å²) in [4.78, 5) is 0. The Labute approximate surface area is 102 Å². The van der Waals surface area contributed by atoms with Gasteiger partial charge >= 0.3 is 0 Å². The second-order valence-corrected chi connectivity index (χ2v) is 6.31. The summed E-state index contributed by atoms with van der Waals surface area (Å²) >= 11 is 0. The number of benzene rings is 1. The molecule has 1 fully saturated rings. The lowest BCUT2D eigenvalue weighted by Gasteiger charge is -2.36. The van der Waals surface area contributed by atoms with E-state index in [4.69, 9.17) is 4.74 Å². The van der Waals surface area contributed by atoms with E-state index in [9.17, 15) is 8.42 Å². The summed E-state index contributed by atoms with van der Waals surface area (Å²) in [5, 5.41) is 2.62. The molecule has 1 aromatic rings. The smallest absolute Gasteiger partial charge is 0.160 e. The molecule has 0 aliphatic carbocycles. The standard InChI is InChI=1S/C12H17NO3S/c1-3-16-10-6-4-9(5-7-10)12-11(13-2)8-17(12,14)15/h4-7,11-13H,3,8H2,1-2H3. The van der Waals surface area contributed by atoms with Crippen molar-refractivity contribution in [2.75, 3.05) is 19.4 Å². The van der Waals surface area contributed by atoms with Crippen LogP contribution < -0.4 is 10.1 Å². The van der Waals surface area contributed by atoms with Crippen molar-refractivity contribution in [3.05, 3.63) is 29.8 Å². The van der Waals surface area contributed by atoms with Gasteiger partial charge in [-0.1, -0.05) is 12.1 Å². The molecule has 4 nitrogen and oxygen atoms in total. The van der Waals surface area contributed by atoms with Crippen molar-refractivity contribution in [1.29, 1.82) is 0 Å². The molecular weight excluding hydrogens is 238 g/mol. The maximum atomic E-state index is 11.7. The fourth-order valence-electron chi connectivity index (χ4n) is 2.16. The molecule has 1 N–H and O–H groups in total. The number of likely N-dealkylation sites (N-methyl/N-ethyl adjacent to an activating group) is 1. The summed E-state index contributed by atoms with van der Waals surface area (Å²) in [5.74, 6) is 0.996. The molecule has 1 aromatic carbocycles. The summed E-state index contributed by atoms with van der Waals surface area (Å²) in [6.45, 7) is 2.53. The molecular formula is C12H17NO3S. The summed E-state index contributed by atoms with van der Waals surface area (Å²) in [7, 11) is -1.17. The van der Waals surface area contributed by atoms with Crippen LogP contribution in [0, 0.1) is 0 Å². The van der Waals surface area contributed by atoms with Crippen molar-refractivity contribution in [3.63, 3.8) is 0 Å². The summed E-state index contributed by atoms with van der Waals surface area (Å²) in [5.41, 5.74) is 0.832. The van der Waals surface area contributed by atoms with Crippen molar-refractivity contribution < 1.29 is 13.2 Å². The molecule has 0 amide bonds. The maximum Gasteiger partial charge on any atom is 0.160 e. The monoisotopic (exact) mass is 255 g/mol. The molecule has 0 saturated carbocycles. The second-order valence-electron chi connectivity index (χ2n) is 4.15. The van der Waals surface area contributed by atoms with Gasteiger partial charge in [0.25, 0.3) is 0 Å². The normalized spacial score (nSPS) is 26.2. The van der Waals surface area contributed by atoms with E-state index < -0.39 is 15.1 Å². The number of hydrogen-bond donors (Lipinski definition) is 1. The van der Waals surface area contributed by atoms with Crippen LogP contribution in [0.15, 0.2) is 24.3 Å². The molecule has 1 aliphatic rings. The average molecular weight is 255 g/mol. The summed E-state index contributed by atoms with van der Waals surface area (Å²) in [6, 6.07) is 7.32. The zero-order valence-corrected chi connectivity index (χ0v) is 10.8. The quantitative estimate of drug-likeness (QED) is 0.876. The van der Waals surface area contributed by atoms with Gasteiger partial charge in [0, 0.05) is 6.04 Å². The molecule has 17 heavy (non-hydrogen) atoms. The first-order valence-electron chi connectivity index (χ1n) is 5.70. The van der Waals surface area contributed by atoms with Gasteiger partial charge in [-0.3, -0.25) is 0 Å². The van der Waals surface area contributed by atoms with Crippen molar-refractivity contribution in [2.24, 2.45) is 0 Å². The van der Waals surface area contributed by atoms with Gasteiger partial charge in [-0.15, -0.1) is 0 Å². The van der Waals surface area contributed by atoms with Crippen LogP contribution in [0.3, 0.4) is 0 Å². The fourth-order valence-corrected chi connectivity index (χ4v) is 4.18. The van der Waals surface area contributed by atoms with Crippen molar-refractivity contribution in [2.45, 2.75) is 18.2 Å². The molecule has 1 heterocycles. The molecule has 94 valence electrons. The van der Waals surface area contributed by atoms with E-state index in [1.807, 2.05) is 31.2 Å². The van der Waals surface area contributed by atoms with E-state index in [-0.39, 0.29) is 11.8 Å². The van der Waals surface area contributed by atoms with E-state index in [0.717, 1.165) is 11.3 Å². The van der Waals surface area contributed by atoms with Gasteiger partial charge in [0.2, 0.25) is 0 Å². The number of ether oxygens (including phenoxy) is 1. The molecule has 2 unspecified atom stereocenters. The van der Waals surface area contributed by atoms with Crippen LogP contribution in [-0.2, 0) is 9.84 Å². The third kappa shape index (κ3) is 2.30. The van der Waals surface area contributed by atoms with E-state index in [1.165, 1.54) is 0 Å². The molecule has 2 atom stereocenters. The van der Waals surface area contributed by atoms with Crippen molar-refractivity contribution in [3.8, 4) is 5.75 Å². The van der Waals surface area contributed by atoms with Gasteiger partial charge in [0.1, 0.15) is 11.0 Å².